The van der Waals surface area contributed by atoms with E-state index in [-0.39, 0.29) is 16.9 Å². The van der Waals surface area contributed by atoms with Gasteiger partial charge in [0, 0.05) is 0 Å². The van der Waals surface area contributed by atoms with Crippen molar-refractivity contribution in [2.75, 3.05) is 0 Å². The van der Waals surface area contributed by atoms with Crippen LogP contribution >= 0.6 is 0 Å². The summed E-state index contributed by atoms with van der Waals surface area (Å²) in [5, 5.41) is 9.40. The Hall–Kier alpha value is -1.44. The van der Waals surface area contributed by atoms with E-state index in [1.54, 1.807) is 0 Å². The van der Waals surface area contributed by atoms with E-state index < -0.39 is 23.5 Å². The van der Waals surface area contributed by atoms with Crippen molar-refractivity contribution >= 4 is 0 Å². The number of phenolic OH excluding ortho intramolecular Hbond substituents is 1. The minimum Gasteiger partial charge on any atom is -0.507 e. The van der Waals surface area contributed by atoms with Gasteiger partial charge in [0.2, 0.25) is 5.54 Å². The first-order valence-electron chi connectivity index (χ1n) is 5.05. The van der Waals surface area contributed by atoms with E-state index in [9.17, 15) is 31.4 Å². The Bertz CT molecular complexity index is 454. The minimum atomic E-state index is -5.71. The van der Waals surface area contributed by atoms with Gasteiger partial charge in [0.05, 0.1) is 0 Å². The van der Waals surface area contributed by atoms with Gasteiger partial charge in [-0.2, -0.15) is 26.3 Å². The average Bonchev–Trinajstić information content (AvgIpc) is 2.20. The summed E-state index contributed by atoms with van der Waals surface area (Å²) in [4.78, 5) is 0. The van der Waals surface area contributed by atoms with Gasteiger partial charge in [0.25, 0.3) is 0 Å². The molecule has 3 N–H and O–H groups in total. The molecule has 108 valence electrons. The van der Waals surface area contributed by atoms with E-state index in [0.717, 1.165) is 0 Å². The van der Waals surface area contributed by atoms with Crippen LogP contribution in [-0.4, -0.2) is 17.5 Å². The molecule has 0 unspecified atom stereocenters. The minimum absolute atomic E-state index is 0.113. The van der Waals surface area contributed by atoms with Gasteiger partial charge >= 0.3 is 12.4 Å². The summed E-state index contributed by atoms with van der Waals surface area (Å²) in [6.45, 7) is 2.39. The van der Waals surface area contributed by atoms with Crippen molar-refractivity contribution in [3.05, 3.63) is 28.8 Å². The van der Waals surface area contributed by atoms with Gasteiger partial charge in [-0.3, -0.25) is 0 Å². The summed E-state index contributed by atoms with van der Waals surface area (Å²) in [6, 6.07) is 1.17. The second-order valence-corrected chi connectivity index (χ2v) is 4.26. The zero-order valence-corrected chi connectivity index (χ0v) is 9.95. The lowest BCUT2D eigenvalue weighted by molar-refractivity contribution is -0.301. The number of alkyl halides is 6. The normalized spacial score (nSPS) is 13.7. The Morgan fingerprint density at radius 1 is 0.895 bits per heavy atom. The molecular formula is C11H11F6NO. The maximum atomic E-state index is 12.7. The molecule has 0 aliphatic carbocycles. The highest BCUT2D eigenvalue weighted by molar-refractivity contribution is 5.45. The number of benzene rings is 1. The molecule has 1 rings (SSSR count). The summed E-state index contributed by atoms with van der Waals surface area (Å²) in [5.41, 5.74) is -1.22. The highest BCUT2D eigenvalue weighted by Gasteiger charge is 2.69. The van der Waals surface area contributed by atoms with Gasteiger partial charge < -0.3 is 10.8 Å². The molecule has 8 heteroatoms. The van der Waals surface area contributed by atoms with Gasteiger partial charge in [-0.1, -0.05) is 0 Å². The molecule has 0 aliphatic rings. The molecule has 2 nitrogen and oxygen atoms in total. The fourth-order valence-corrected chi connectivity index (χ4v) is 1.67. The van der Waals surface area contributed by atoms with Gasteiger partial charge in [0.15, 0.2) is 0 Å². The summed E-state index contributed by atoms with van der Waals surface area (Å²) < 4.78 is 76.5. The monoisotopic (exact) mass is 287 g/mol. The molecule has 0 aliphatic heterocycles. The van der Waals surface area contributed by atoms with Crippen LogP contribution in [0.2, 0.25) is 0 Å². The number of aromatic hydroxyl groups is 1. The molecule has 0 spiro atoms. The quantitative estimate of drug-likeness (QED) is 0.779. The number of rotatable bonds is 1. The Kier molecular flexibility index (Phi) is 3.53. The molecule has 0 aromatic heterocycles. The summed E-state index contributed by atoms with van der Waals surface area (Å²) in [5.74, 6) is -0.365. The fourth-order valence-electron chi connectivity index (χ4n) is 1.67. The first-order chi connectivity index (χ1) is 8.32. The first-order valence-corrected chi connectivity index (χ1v) is 5.05. The van der Waals surface area contributed by atoms with Crippen LogP contribution in [0.5, 0.6) is 5.75 Å². The molecule has 1 aromatic carbocycles. The molecule has 0 amide bonds. The standard InChI is InChI=1S/C11H11F6NO/c1-5-3-7(4-6(2)8(5)19)9(18,10(12,13)14)11(15,16)17/h3-4,19H,18H2,1-2H3. The molecule has 1 aromatic rings. The van der Waals surface area contributed by atoms with E-state index in [2.05, 4.69) is 5.73 Å². The topological polar surface area (TPSA) is 46.2 Å². The number of phenols is 1. The SMILES string of the molecule is Cc1cc(C(N)(C(F)(F)F)C(F)(F)F)cc(C)c1O. The fraction of sp³-hybridized carbons (Fsp3) is 0.455. The Balaban J connectivity index is 3.62. The summed E-state index contributed by atoms with van der Waals surface area (Å²) in [6.07, 6.45) is -11.4. The van der Waals surface area contributed by atoms with E-state index in [1.165, 1.54) is 13.8 Å². The maximum Gasteiger partial charge on any atom is 0.419 e. The Labute approximate surface area is 104 Å². The van der Waals surface area contributed by atoms with E-state index >= 15 is 0 Å². The maximum absolute atomic E-state index is 12.7. The summed E-state index contributed by atoms with van der Waals surface area (Å²) >= 11 is 0. The Morgan fingerprint density at radius 3 is 1.47 bits per heavy atom. The molecule has 0 radical (unpaired) electrons. The lowest BCUT2D eigenvalue weighted by atomic mass is 9.87. The lowest BCUT2D eigenvalue weighted by Gasteiger charge is -2.34. The van der Waals surface area contributed by atoms with Crippen LogP contribution < -0.4 is 5.73 Å². The predicted octanol–water partition coefficient (Wildman–Crippen LogP) is 3.29. The van der Waals surface area contributed by atoms with Gasteiger partial charge in [-0.25, -0.2) is 0 Å². The predicted molar refractivity (Wildman–Crippen MR) is 55.6 cm³/mol. The number of aryl methyl sites for hydroxylation is 2. The van der Waals surface area contributed by atoms with Crippen molar-refractivity contribution in [2.24, 2.45) is 5.73 Å². The van der Waals surface area contributed by atoms with E-state index in [1.807, 2.05) is 0 Å². The second kappa shape index (κ2) is 4.29. The number of nitrogens with two attached hydrogens (primary N) is 1. The van der Waals surface area contributed by atoms with Crippen LogP contribution in [0.25, 0.3) is 0 Å². The van der Waals surface area contributed by atoms with Crippen LogP contribution in [0, 0.1) is 13.8 Å². The molecule has 0 saturated carbocycles. The van der Waals surface area contributed by atoms with Crippen LogP contribution in [0.15, 0.2) is 12.1 Å². The third-order valence-corrected chi connectivity index (χ3v) is 2.84. The molecule has 19 heavy (non-hydrogen) atoms. The molecule has 0 bridgehead atoms. The van der Waals surface area contributed by atoms with Crippen molar-refractivity contribution in [1.29, 1.82) is 0 Å². The van der Waals surface area contributed by atoms with Crippen molar-refractivity contribution in [3.63, 3.8) is 0 Å². The average molecular weight is 287 g/mol. The van der Waals surface area contributed by atoms with Crippen molar-refractivity contribution in [2.45, 2.75) is 31.7 Å². The smallest absolute Gasteiger partial charge is 0.419 e. The van der Waals surface area contributed by atoms with Gasteiger partial charge in [-0.15, -0.1) is 0 Å². The van der Waals surface area contributed by atoms with Crippen molar-refractivity contribution in [3.8, 4) is 5.75 Å². The number of hydrogen-bond donors (Lipinski definition) is 2. The first kappa shape index (κ1) is 15.6. The molecule has 0 heterocycles. The van der Waals surface area contributed by atoms with Gasteiger partial charge in [-0.05, 0) is 42.7 Å². The third kappa shape index (κ3) is 2.36. The van der Waals surface area contributed by atoms with E-state index in [4.69, 9.17) is 0 Å². The second-order valence-electron chi connectivity index (χ2n) is 4.26. The zero-order valence-electron chi connectivity index (χ0n) is 9.95. The number of halogens is 6. The Morgan fingerprint density at radius 2 is 1.21 bits per heavy atom. The van der Waals surface area contributed by atoms with Gasteiger partial charge in [0.1, 0.15) is 5.75 Å². The van der Waals surface area contributed by atoms with Crippen LogP contribution in [0.3, 0.4) is 0 Å². The largest absolute Gasteiger partial charge is 0.507 e. The highest BCUT2D eigenvalue weighted by Crippen LogP contribution is 2.48. The lowest BCUT2D eigenvalue weighted by Crippen LogP contribution is -2.60. The molecule has 0 fully saturated rings. The molecule has 0 saturated heterocycles. The van der Waals surface area contributed by atoms with Crippen molar-refractivity contribution in [1.82, 2.24) is 0 Å². The molecule has 0 atom stereocenters. The third-order valence-electron chi connectivity index (χ3n) is 2.84. The number of hydrogen-bond acceptors (Lipinski definition) is 2. The highest BCUT2D eigenvalue weighted by atomic mass is 19.4. The van der Waals surface area contributed by atoms with Crippen LogP contribution in [-0.2, 0) is 5.54 Å². The van der Waals surface area contributed by atoms with Crippen molar-refractivity contribution < 1.29 is 31.4 Å². The zero-order chi connectivity index (χ0) is 15.2. The van der Waals surface area contributed by atoms with E-state index in [0.29, 0.717) is 12.1 Å². The van der Waals surface area contributed by atoms with Crippen LogP contribution in [0.4, 0.5) is 26.3 Å². The summed E-state index contributed by atoms with van der Waals surface area (Å²) in [7, 11) is 0. The molecular weight excluding hydrogens is 276 g/mol. The van der Waals surface area contributed by atoms with Crippen LogP contribution in [0.1, 0.15) is 16.7 Å².